The van der Waals surface area contributed by atoms with Gasteiger partial charge < -0.3 is 19.5 Å². The zero-order chi connectivity index (χ0) is 16.1. The van der Waals surface area contributed by atoms with Crippen molar-refractivity contribution < 1.29 is 23.8 Å². The fraction of sp³-hybridized carbons (Fsp3) is 0.562. The molecule has 0 radical (unpaired) electrons. The minimum Gasteiger partial charge on any atom is -0.494 e. The number of hydrogen-bond donors (Lipinski definition) is 1. The maximum Gasteiger partial charge on any atom is 0.223 e. The first-order chi connectivity index (χ1) is 10.6. The van der Waals surface area contributed by atoms with Crippen molar-refractivity contribution in [2.24, 2.45) is 0 Å². The van der Waals surface area contributed by atoms with Crippen LogP contribution < -0.4 is 4.74 Å². The summed E-state index contributed by atoms with van der Waals surface area (Å²) in [6, 6.07) is 4.51. The van der Waals surface area contributed by atoms with E-state index in [9.17, 15) is 14.3 Å². The standard InChI is InChI=1S/C16H22FNO4/c1-21-13-8-12(10-19)18(9-13)16(20)6-4-11-3-5-15(22-2)14(17)7-11/h3,5,7,12-13,19H,4,6,8-10H2,1-2H3/t12-,13+/m0/s1. The number of ether oxygens (including phenoxy) is 2. The molecule has 1 aliphatic heterocycles. The van der Waals surface area contributed by atoms with E-state index in [1.54, 1.807) is 24.1 Å². The Morgan fingerprint density at radius 1 is 1.45 bits per heavy atom. The van der Waals surface area contributed by atoms with Gasteiger partial charge in [-0.25, -0.2) is 4.39 Å². The number of amides is 1. The van der Waals surface area contributed by atoms with E-state index >= 15 is 0 Å². The summed E-state index contributed by atoms with van der Waals surface area (Å²) >= 11 is 0. The smallest absolute Gasteiger partial charge is 0.223 e. The Kier molecular flexibility index (Phi) is 5.74. The largest absolute Gasteiger partial charge is 0.494 e. The van der Waals surface area contributed by atoms with Gasteiger partial charge in [-0.05, 0) is 30.5 Å². The zero-order valence-electron chi connectivity index (χ0n) is 12.9. The Hall–Kier alpha value is -1.66. The number of carbonyl (C=O) groups excluding carboxylic acids is 1. The first-order valence-electron chi connectivity index (χ1n) is 7.34. The van der Waals surface area contributed by atoms with Gasteiger partial charge in [0.25, 0.3) is 0 Å². The number of nitrogens with zero attached hydrogens (tertiary/aromatic N) is 1. The molecule has 22 heavy (non-hydrogen) atoms. The molecule has 1 aromatic carbocycles. The molecule has 0 spiro atoms. The topological polar surface area (TPSA) is 59.0 Å². The van der Waals surface area contributed by atoms with Crippen LogP contribution in [-0.2, 0) is 16.0 Å². The molecule has 0 aliphatic carbocycles. The summed E-state index contributed by atoms with van der Waals surface area (Å²) in [5.41, 5.74) is 0.745. The van der Waals surface area contributed by atoms with Crippen LogP contribution in [-0.4, -0.2) is 55.4 Å². The van der Waals surface area contributed by atoms with Crippen molar-refractivity contribution in [1.29, 1.82) is 0 Å². The second-order valence-corrected chi connectivity index (χ2v) is 5.44. The van der Waals surface area contributed by atoms with Crippen LogP contribution in [0.25, 0.3) is 0 Å². The van der Waals surface area contributed by atoms with Crippen LogP contribution in [0.5, 0.6) is 5.75 Å². The number of aliphatic hydroxyl groups excluding tert-OH is 1. The molecule has 1 N–H and O–H groups in total. The molecule has 2 rings (SSSR count). The molecule has 0 bridgehead atoms. The Morgan fingerprint density at radius 3 is 2.82 bits per heavy atom. The molecule has 2 atom stereocenters. The van der Waals surface area contributed by atoms with E-state index in [0.717, 1.165) is 5.56 Å². The molecule has 0 saturated carbocycles. The van der Waals surface area contributed by atoms with Gasteiger partial charge >= 0.3 is 0 Å². The van der Waals surface area contributed by atoms with Crippen LogP contribution in [0.3, 0.4) is 0 Å². The van der Waals surface area contributed by atoms with Crippen molar-refractivity contribution in [3.63, 3.8) is 0 Å². The molecular weight excluding hydrogens is 289 g/mol. The Morgan fingerprint density at radius 2 is 2.23 bits per heavy atom. The fourth-order valence-corrected chi connectivity index (χ4v) is 2.78. The van der Waals surface area contributed by atoms with Gasteiger partial charge in [-0.2, -0.15) is 0 Å². The van der Waals surface area contributed by atoms with Crippen molar-refractivity contribution in [2.45, 2.75) is 31.4 Å². The summed E-state index contributed by atoms with van der Waals surface area (Å²) < 4.78 is 23.7. The first kappa shape index (κ1) is 16.7. The summed E-state index contributed by atoms with van der Waals surface area (Å²) in [6.45, 7) is 0.431. The SMILES string of the molecule is COc1ccc(CCC(=O)N2C[C@H](OC)C[C@H]2CO)cc1F. The summed E-state index contributed by atoms with van der Waals surface area (Å²) in [5, 5.41) is 9.37. The molecular formula is C16H22FNO4. The first-order valence-corrected chi connectivity index (χ1v) is 7.34. The van der Waals surface area contributed by atoms with Crippen LogP contribution in [0.1, 0.15) is 18.4 Å². The van der Waals surface area contributed by atoms with E-state index in [1.165, 1.54) is 13.2 Å². The Labute approximate surface area is 129 Å². The van der Waals surface area contributed by atoms with Crippen molar-refractivity contribution in [3.05, 3.63) is 29.6 Å². The third-order valence-electron chi connectivity index (χ3n) is 4.08. The lowest BCUT2D eigenvalue weighted by atomic mass is 10.1. The molecule has 1 aromatic rings. The predicted octanol–water partition coefficient (Wildman–Crippen LogP) is 1.38. The fourth-order valence-electron chi connectivity index (χ4n) is 2.78. The van der Waals surface area contributed by atoms with Gasteiger partial charge in [0.15, 0.2) is 11.6 Å². The number of halogens is 1. The molecule has 6 heteroatoms. The summed E-state index contributed by atoms with van der Waals surface area (Å²) in [4.78, 5) is 14.0. The van der Waals surface area contributed by atoms with E-state index in [2.05, 4.69) is 0 Å². The lowest BCUT2D eigenvalue weighted by molar-refractivity contribution is -0.133. The third-order valence-corrected chi connectivity index (χ3v) is 4.08. The van der Waals surface area contributed by atoms with Gasteiger partial charge in [0, 0.05) is 20.1 Å². The molecule has 122 valence electrons. The number of methoxy groups -OCH3 is 2. The van der Waals surface area contributed by atoms with Crippen LogP contribution in [0.4, 0.5) is 4.39 Å². The van der Waals surface area contributed by atoms with E-state index in [4.69, 9.17) is 9.47 Å². The monoisotopic (exact) mass is 311 g/mol. The predicted molar refractivity (Wildman–Crippen MR) is 79.3 cm³/mol. The van der Waals surface area contributed by atoms with E-state index < -0.39 is 5.82 Å². The zero-order valence-corrected chi connectivity index (χ0v) is 12.9. The quantitative estimate of drug-likeness (QED) is 0.862. The van der Waals surface area contributed by atoms with E-state index in [0.29, 0.717) is 19.4 Å². The average Bonchev–Trinajstić information content (AvgIpc) is 2.96. The molecule has 5 nitrogen and oxygen atoms in total. The molecule has 1 saturated heterocycles. The number of rotatable bonds is 6. The van der Waals surface area contributed by atoms with Crippen molar-refractivity contribution >= 4 is 5.91 Å². The molecule has 1 fully saturated rings. The van der Waals surface area contributed by atoms with Crippen LogP contribution in [0.15, 0.2) is 18.2 Å². The second kappa shape index (κ2) is 7.56. The highest BCUT2D eigenvalue weighted by Gasteiger charge is 2.34. The number of benzene rings is 1. The maximum absolute atomic E-state index is 13.6. The van der Waals surface area contributed by atoms with Gasteiger partial charge in [0.05, 0.1) is 25.9 Å². The maximum atomic E-state index is 13.6. The number of aryl methyl sites for hydroxylation is 1. The summed E-state index contributed by atoms with van der Waals surface area (Å²) in [7, 11) is 3.02. The Balaban J connectivity index is 1.93. The van der Waals surface area contributed by atoms with Gasteiger partial charge in [0.1, 0.15) is 0 Å². The highest BCUT2D eigenvalue weighted by molar-refractivity contribution is 5.77. The number of hydrogen-bond acceptors (Lipinski definition) is 4. The van der Waals surface area contributed by atoms with Gasteiger partial charge in [-0.1, -0.05) is 6.07 Å². The molecule has 0 unspecified atom stereocenters. The number of carbonyl (C=O) groups is 1. The molecule has 1 amide bonds. The minimum atomic E-state index is -0.429. The van der Waals surface area contributed by atoms with Gasteiger partial charge in [-0.15, -0.1) is 0 Å². The van der Waals surface area contributed by atoms with Crippen molar-refractivity contribution in [3.8, 4) is 5.75 Å². The third kappa shape index (κ3) is 3.75. The van der Waals surface area contributed by atoms with E-state index in [1.807, 2.05) is 0 Å². The number of aliphatic hydroxyl groups is 1. The highest BCUT2D eigenvalue weighted by Crippen LogP contribution is 2.22. The lowest BCUT2D eigenvalue weighted by Crippen LogP contribution is -2.38. The van der Waals surface area contributed by atoms with Crippen LogP contribution >= 0.6 is 0 Å². The van der Waals surface area contributed by atoms with Crippen molar-refractivity contribution in [1.82, 2.24) is 4.90 Å². The molecule has 1 heterocycles. The molecule has 1 aliphatic rings. The molecule has 0 aromatic heterocycles. The summed E-state index contributed by atoms with van der Waals surface area (Å²) in [5.74, 6) is -0.283. The number of likely N-dealkylation sites (tertiary alicyclic amines) is 1. The van der Waals surface area contributed by atoms with Crippen LogP contribution in [0.2, 0.25) is 0 Å². The lowest BCUT2D eigenvalue weighted by Gasteiger charge is -2.22. The second-order valence-electron chi connectivity index (χ2n) is 5.44. The van der Waals surface area contributed by atoms with Crippen LogP contribution in [0, 0.1) is 5.82 Å². The normalized spacial score (nSPS) is 21.2. The highest BCUT2D eigenvalue weighted by atomic mass is 19.1. The minimum absolute atomic E-state index is 0.0282. The van der Waals surface area contributed by atoms with Crippen molar-refractivity contribution in [2.75, 3.05) is 27.4 Å². The van der Waals surface area contributed by atoms with Gasteiger partial charge in [0.2, 0.25) is 5.91 Å². The van der Waals surface area contributed by atoms with E-state index in [-0.39, 0.29) is 36.8 Å². The average molecular weight is 311 g/mol. The van der Waals surface area contributed by atoms with Gasteiger partial charge in [-0.3, -0.25) is 4.79 Å². The Bertz CT molecular complexity index is 523. The summed E-state index contributed by atoms with van der Waals surface area (Å²) in [6.07, 6.45) is 1.35.